The van der Waals surface area contributed by atoms with E-state index in [2.05, 4.69) is 15.7 Å². The molecular formula is C25H32F3N5O4. The second-order valence-corrected chi connectivity index (χ2v) is 10.0. The summed E-state index contributed by atoms with van der Waals surface area (Å²) >= 11 is 0. The lowest BCUT2D eigenvalue weighted by atomic mass is 9.86. The van der Waals surface area contributed by atoms with Crippen molar-refractivity contribution in [3.05, 3.63) is 47.8 Å². The second-order valence-electron chi connectivity index (χ2n) is 10.0. The van der Waals surface area contributed by atoms with E-state index in [-0.39, 0.29) is 30.8 Å². The second kappa shape index (κ2) is 11.2. The SMILES string of the molecule is CC1CN(C(=O)OC(C)(C)C)CCC1C(=O)NCCNC(=O)c1cn(-c2ccccc2)nc1C(F)(F)F. The van der Waals surface area contributed by atoms with Crippen molar-refractivity contribution in [3.63, 3.8) is 0 Å². The Morgan fingerprint density at radius 3 is 2.32 bits per heavy atom. The molecule has 1 aliphatic heterocycles. The molecule has 1 aromatic carbocycles. The van der Waals surface area contributed by atoms with Crippen LogP contribution < -0.4 is 10.6 Å². The number of aromatic nitrogens is 2. The molecule has 12 heteroatoms. The van der Waals surface area contributed by atoms with Crippen molar-refractivity contribution >= 4 is 17.9 Å². The maximum absolute atomic E-state index is 13.5. The molecule has 37 heavy (non-hydrogen) atoms. The average Bonchev–Trinajstić information content (AvgIpc) is 3.27. The first kappa shape index (κ1) is 28.0. The van der Waals surface area contributed by atoms with Crippen molar-refractivity contribution in [1.82, 2.24) is 25.3 Å². The summed E-state index contributed by atoms with van der Waals surface area (Å²) in [5, 5.41) is 8.69. The van der Waals surface area contributed by atoms with Gasteiger partial charge in [-0.05, 0) is 45.2 Å². The highest BCUT2D eigenvalue weighted by Crippen LogP contribution is 2.31. The number of halogens is 3. The molecule has 2 aromatic rings. The lowest BCUT2D eigenvalue weighted by Crippen LogP contribution is -2.49. The van der Waals surface area contributed by atoms with Crippen molar-refractivity contribution in [2.24, 2.45) is 11.8 Å². The van der Waals surface area contributed by atoms with Gasteiger partial charge in [-0.25, -0.2) is 9.48 Å². The molecule has 1 aromatic heterocycles. The molecule has 2 heterocycles. The lowest BCUT2D eigenvalue weighted by Gasteiger charge is -2.36. The first-order valence-corrected chi connectivity index (χ1v) is 12.0. The largest absolute Gasteiger partial charge is 0.444 e. The molecular weight excluding hydrogens is 491 g/mol. The van der Waals surface area contributed by atoms with Crippen LogP contribution in [0.2, 0.25) is 0 Å². The number of ether oxygens (including phenoxy) is 1. The minimum atomic E-state index is -4.81. The highest BCUT2D eigenvalue weighted by Gasteiger charge is 2.39. The number of para-hydroxylation sites is 1. The number of nitrogens with zero attached hydrogens (tertiary/aromatic N) is 3. The minimum absolute atomic E-state index is 0.0394. The van der Waals surface area contributed by atoms with Gasteiger partial charge >= 0.3 is 12.3 Å². The number of amides is 3. The lowest BCUT2D eigenvalue weighted by molar-refractivity contribution is -0.141. The number of carbonyl (C=O) groups is 3. The Morgan fingerprint density at radius 1 is 1.08 bits per heavy atom. The van der Waals surface area contributed by atoms with Gasteiger partial charge in [-0.15, -0.1) is 0 Å². The maximum atomic E-state index is 13.5. The summed E-state index contributed by atoms with van der Waals surface area (Å²) in [6.07, 6.45) is -3.75. The van der Waals surface area contributed by atoms with E-state index in [4.69, 9.17) is 4.74 Å². The van der Waals surface area contributed by atoms with E-state index in [1.165, 1.54) is 0 Å². The van der Waals surface area contributed by atoms with E-state index in [9.17, 15) is 27.6 Å². The van der Waals surface area contributed by atoms with Crippen LogP contribution in [-0.2, 0) is 15.7 Å². The zero-order valence-electron chi connectivity index (χ0n) is 21.3. The van der Waals surface area contributed by atoms with E-state index in [0.29, 0.717) is 25.2 Å². The van der Waals surface area contributed by atoms with Gasteiger partial charge in [0.15, 0.2) is 5.69 Å². The molecule has 0 saturated carbocycles. The van der Waals surface area contributed by atoms with Gasteiger partial charge in [0.2, 0.25) is 5.91 Å². The molecule has 2 unspecified atom stereocenters. The van der Waals surface area contributed by atoms with Crippen LogP contribution in [0.3, 0.4) is 0 Å². The van der Waals surface area contributed by atoms with Crippen molar-refractivity contribution < 1.29 is 32.3 Å². The van der Waals surface area contributed by atoms with E-state index < -0.39 is 35.0 Å². The van der Waals surface area contributed by atoms with Gasteiger partial charge in [-0.3, -0.25) is 9.59 Å². The molecule has 0 bridgehead atoms. The number of benzene rings is 1. The monoisotopic (exact) mass is 523 g/mol. The summed E-state index contributed by atoms with van der Waals surface area (Å²) in [5.74, 6) is -1.63. The molecule has 0 radical (unpaired) electrons. The first-order valence-electron chi connectivity index (χ1n) is 12.0. The number of hydrogen-bond donors (Lipinski definition) is 2. The van der Waals surface area contributed by atoms with Gasteiger partial charge in [0.05, 0.1) is 11.3 Å². The van der Waals surface area contributed by atoms with E-state index in [1.54, 1.807) is 56.0 Å². The Morgan fingerprint density at radius 2 is 1.73 bits per heavy atom. The Kier molecular flexibility index (Phi) is 8.49. The summed E-state index contributed by atoms with van der Waals surface area (Å²) in [7, 11) is 0. The van der Waals surface area contributed by atoms with E-state index in [0.717, 1.165) is 10.9 Å². The third-order valence-corrected chi connectivity index (χ3v) is 5.85. The molecule has 3 amide bonds. The number of piperidine rings is 1. The number of likely N-dealkylation sites (tertiary alicyclic amines) is 1. The average molecular weight is 524 g/mol. The van der Waals surface area contributed by atoms with Crippen LogP contribution >= 0.6 is 0 Å². The van der Waals surface area contributed by atoms with Crippen LogP contribution in [0.5, 0.6) is 0 Å². The molecule has 1 aliphatic rings. The van der Waals surface area contributed by atoms with Crippen LogP contribution in [0.15, 0.2) is 36.5 Å². The standard InChI is InChI=1S/C25H32F3N5O4/c1-16-14-32(23(36)37-24(2,3)4)13-10-18(16)21(34)29-11-12-30-22(35)19-15-33(17-8-6-5-7-9-17)31-20(19)25(26,27)28/h5-9,15-16,18H,10-14H2,1-4H3,(H,29,34)(H,30,35). The molecule has 1 saturated heterocycles. The Balaban J connectivity index is 1.52. The zero-order valence-corrected chi connectivity index (χ0v) is 21.3. The van der Waals surface area contributed by atoms with Crippen LogP contribution in [0.25, 0.3) is 5.69 Å². The summed E-state index contributed by atoms with van der Waals surface area (Å²) in [4.78, 5) is 39.0. The number of carbonyl (C=O) groups excluding carboxylic acids is 3. The van der Waals surface area contributed by atoms with Gasteiger partial charge in [-0.1, -0.05) is 25.1 Å². The summed E-state index contributed by atoms with van der Waals surface area (Å²) < 4.78 is 46.9. The van der Waals surface area contributed by atoms with Gasteiger partial charge in [0, 0.05) is 38.3 Å². The van der Waals surface area contributed by atoms with Crippen molar-refractivity contribution in [2.45, 2.75) is 45.9 Å². The fourth-order valence-corrected chi connectivity index (χ4v) is 4.08. The highest BCUT2D eigenvalue weighted by molar-refractivity contribution is 5.95. The number of hydrogen-bond acceptors (Lipinski definition) is 5. The topological polar surface area (TPSA) is 106 Å². The van der Waals surface area contributed by atoms with Crippen LogP contribution in [0.1, 0.15) is 50.2 Å². The molecule has 9 nitrogen and oxygen atoms in total. The third kappa shape index (κ3) is 7.46. The fraction of sp³-hybridized carbons (Fsp3) is 0.520. The molecule has 2 N–H and O–H groups in total. The Hall–Kier alpha value is -3.57. The normalized spacial score (nSPS) is 18.3. The minimum Gasteiger partial charge on any atom is -0.444 e. The molecule has 1 fully saturated rings. The summed E-state index contributed by atoms with van der Waals surface area (Å²) in [6.45, 7) is 7.94. The van der Waals surface area contributed by atoms with Gasteiger partial charge < -0.3 is 20.3 Å². The van der Waals surface area contributed by atoms with Crippen LogP contribution in [0, 0.1) is 11.8 Å². The number of nitrogens with one attached hydrogen (secondary N) is 2. The van der Waals surface area contributed by atoms with Crippen molar-refractivity contribution in [3.8, 4) is 5.69 Å². The maximum Gasteiger partial charge on any atom is 0.435 e. The fourth-order valence-electron chi connectivity index (χ4n) is 4.08. The van der Waals surface area contributed by atoms with E-state index >= 15 is 0 Å². The van der Waals surface area contributed by atoms with Gasteiger partial charge in [0.1, 0.15) is 5.60 Å². The summed E-state index contributed by atoms with van der Waals surface area (Å²) in [5.41, 5.74) is -2.12. The van der Waals surface area contributed by atoms with Gasteiger partial charge in [0.25, 0.3) is 5.91 Å². The van der Waals surface area contributed by atoms with Crippen molar-refractivity contribution in [2.75, 3.05) is 26.2 Å². The Bertz CT molecular complexity index is 1110. The van der Waals surface area contributed by atoms with Crippen LogP contribution in [0.4, 0.5) is 18.0 Å². The predicted molar refractivity (Wildman–Crippen MR) is 129 cm³/mol. The van der Waals surface area contributed by atoms with E-state index in [1.807, 2.05) is 6.92 Å². The first-order chi connectivity index (χ1) is 17.3. The van der Waals surface area contributed by atoms with Crippen molar-refractivity contribution in [1.29, 1.82) is 0 Å². The predicted octanol–water partition coefficient (Wildman–Crippen LogP) is 3.63. The number of rotatable bonds is 6. The molecule has 202 valence electrons. The smallest absolute Gasteiger partial charge is 0.435 e. The third-order valence-electron chi connectivity index (χ3n) is 5.85. The van der Waals surface area contributed by atoms with Gasteiger partial charge in [-0.2, -0.15) is 18.3 Å². The molecule has 3 rings (SSSR count). The molecule has 2 atom stereocenters. The molecule has 0 spiro atoms. The summed E-state index contributed by atoms with van der Waals surface area (Å²) in [6, 6.07) is 8.15. The quantitative estimate of drug-likeness (QED) is 0.563. The highest BCUT2D eigenvalue weighted by atomic mass is 19.4. The molecule has 0 aliphatic carbocycles. The zero-order chi connectivity index (χ0) is 27.4. The van der Waals surface area contributed by atoms with Crippen LogP contribution in [-0.4, -0.2) is 64.4 Å². The Labute approximate surface area is 213 Å². The number of alkyl halides is 3.